The number of piperidine rings is 1. The molecule has 1 saturated heterocycles. The van der Waals surface area contributed by atoms with E-state index in [1.54, 1.807) is 23.0 Å². The number of amides is 1. The van der Waals surface area contributed by atoms with Crippen LogP contribution in [0.1, 0.15) is 51.5 Å². The third-order valence-corrected chi connectivity index (χ3v) is 5.76. The Bertz CT molecular complexity index is 1050. The first kappa shape index (κ1) is 23.0. The van der Waals surface area contributed by atoms with E-state index in [4.69, 9.17) is 0 Å². The lowest BCUT2D eigenvalue weighted by Crippen LogP contribution is -2.29. The van der Waals surface area contributed by atoms with Gasteiger partial charge in [-0.1, -0.05) is 17.7 Å². The van der Waals surface area contributed by atoms with Crippen molar-refractivity contribution in [2.45, 2.75) is 39.5 Å². The molecule has 0 saturated carbocycles. The summed E-state index contributed by atoms with van der Waals surface area (Å²) in [7, 11) is 0. The predicted octanol–water partition coefficient (Wildman–Crippen LogP) is 5.08. The Morgan fingerprint density at radius 1 is 1.10 bits per heavy atom. The van der Waals surface area contributed by atoms with E-state index in [0.29, 0.717) is 5.56 Å². The largest absolute Gasteiger partial charge is 0.321 e. The van der Waals surface area contributed by atoms with E-state index < -0.39 is 0 Å². The number of rotatable bonds is 4. The monoisotopic (exact) mass is 442 g/mol. The van der Waals surface area contributed by atoms with Crippen molar-refractivity contribution in [1.82, 2.24) is 15.1 Å². The first-order valence-electron chi connectivity index (χ1n) is 10.4. The zero-order valence-corrected chi connectivity index (χ0v) is 18.9. The first-order chi connectivity index (χ1) is 14.4. The molecule has 5 nitrogen and oxygen atoms in total. The summed E-state index contributed by atoms with van der Waals surface area (Å²) in [5, 5.41) is 11.0. The average molecular weight is 443 g/mol. The van der Waals surface area contributed by atoms with Gasteiger partial charge < -0.3 is 10.6 Å². The molecule has 2 aromatic carbocycles. The fraction of sp³-hybridized carbons (Fsp3) is 0.333. The zero-order chi connectivity index (χ0) is 21.3. The summed E-state index contributed by atoms with van der Waals surface area (Å²) >= 11 is 0. The molecular formula is C24H28ClFN4O. The topological polar surface area (TPSA) is 59.0 Å². The van der Waals surface area contributed by atoms with Crippen LogP contribution in [0.25, 0.3) is 5.69 Å². The molecule has 1 fully saturated rings. The number of hydrogen-bond donors (Lipinski definition) is 2. The molecule has 7 heteroatoms. The van der Waals surface area contributed by atoms with Gasteiger partial charge in [0.15, 0.2) is 0 Å². The van der Waals surface area contributed by atoms with Gasteiger partial charge in [0.1, 0.15) is 5.82 Å². The SMILES string of the molecule is Cc1cc(C)c(NC(=O)c2cnn(-c3ccc(F)cc3)c2C2CCNCC2)c(C)c1.Cl. The van der Waals surface area contributed by atoms with Crippen LogP contribution in [-0.2, 0) is 0 Å². The number of halogens is 2. The Hall–Kier alpha value is -2.70. The van der Waals surface area contributed by atoms with E-state index in [1.807, 2.05) is 20.8 Å². The fourth-order valence-corrected chi connectivity index (χ4v) is 4.37. The number of hydrogen-bond acceptors (Lipinski definition) is 3. The Balaban J connectivity index is 0.00000272. The Labute approximate surface area is 188 Å². The van der Waals surface area contributed by atoms with Gasteiger partial charge in [0.25, 0.3) is 5.91 Å². The Morgan fingerprint density at radius 2 is 1.71 bits per heavy atom. The molecule has 0 bridgehead atoms. The smallest absolute Gasteiger partial charge is 0.259 e. The Kier molecular flexibility index (Phi) is 7.13. The summed E-state index contributed by atoms with van der Waals surface area (Å²) < 4.78 is 15.2. The molecule has 1 aromatic heterocycles. The maximum absolute atomic E-state index is 13.4. The molecule has 164 valence electrons. The zero-order valence-electron chi connectivity index (χ0n) is 18.0. The molecule has 0 spiro atoms. The van der Waals surface area contributed by atoms with Crippen molar-refractivity contribution in [2.24, 2.45) is 0 Å². The van der Waals surface area contributed by atoms with Crippen molar-refractivity contribution >= 4 is 24.0 Å². The van der Waals surface area contributed by atoms with Crippen LogP contribution in [-0.4, -0.2) is 28.8 Å². The quantitative estimate of drug-likeness (QED) is 0.592. The van der Waals surface area contributed by atoms with Gasteiger partial charge in [-0.3, -0.25) is 4.79 Å². The molecule has 2 N–H and O–H groups in total. The summed E-state index contributed by atoms with van der Waals surface area (Å²) in [6.07, 6.45) is 3.49. The number of anilines is 1. The van der Waals surface area contributed by atoms with E-state index in [2.05, 4.69) is 27.9 Å². The maximum Gasteiger partial charge on any atom is 0.259 e. The molecule has 2 heterocycles. The molecule has 0 aliphatic carbocycles. The molecule has 4 rings (SSSR count). The molecular weight excluding hydrogens is 415 g/mol. The van der Waals surface area contributed by atoms with E-state index >= 15 is 0 Å². The van der Waals surface area contributed by atoms with Crippen LogP contribution in [0, 0.1) is 26.6 Å². The first-order valence-corrected chi connectivity index (χ1v) is 10.4. The van der Waals surface area contributed by atoms with Crippen LogP contribution in [0.5, 0.6) is 0 Å². The lowest BCUT2D eigenvalue weighted by molar-refractivity contribution is 0.102. The lowest BCUT2D eigenvalue weighted by Gasteiger charge is -2.25. The van der Waals surface area contributed by atoms with Gasteiger partial charge in [0.2, 0.25) is 0 Å². The third kappa shape index (κ3) is 4.81. The van der Waals surface area contributed by atoms with Gasteiger partial charge in [0.05, 0.1) is 23.1 Å². The molecule has 31 heavy (non-hydrogen) atoms. The minimum absolute atomic E-state index is 0. The minimum atomic E-state index is -0.294. The van der Waals surface area contributed by atoms with E-state index in [0.717, 1.165) is 54.1 Å². The average Bonchev–Trinajstić information content (AvgIpc) is 3.17. The van der Waals surface area contributed by atoms with Crippen molar-refractivity contribution in [3.8, 4) is 5.69 Å². The summed E-state index contributed by atoms with van der Waals surface area (Å²) in [6, 6.07) is 10.4. The van der Waals surface area contributed by atoms with Crippen LogP contribution < -0.4 is 10.6 Å². The number of aromatic nitrogens is 2. The Morgan fingerprint density at radius 3 is 2.32 bits per heavy atom. The molecule has 0 radical (unpaired) electrons. The van der Waals surface area contributed by atoms with Crippen molar-refractivity contribution in [2.75, 3.05) is 18.4 Å². The van der Waals surface area contributed by atoms with Gasteiger partial charge in [-0.15, -0.1) is 12.4 Å². The van der Waals surface area contributed by atoms with Gasteiger partial charge in [-0.2, -0.15) is 5.10 Å². The molecule has 0 atom stereocenters. The number of benzene rings is 2. The molecule has 0 unspecified atom stereocenters. The van der Waals surface area contributed by atoms with E-state index in [-0.39, 0.29) is 30.0 Å². The van der Waals surface area contributed by atoms with Gasteiger partial charge in [-0.05, 0) is 82.1 Å². The van der Waals surface area contributed by atoms with Crippen LogP contribution >= 0.6 is 12.4 Å². The van der Waals surface area contributed by atoms with Crippen molar-refractivity contribution in [1.29, 1.82) is 0 Å². The summed E-state index contributed by atoms with van der Waals surface area (Å²) in [5.41, 5.74) is 6.31. The number of carbonyl (C=O) groups excluding carboxylic acids is 1. The number of aryl methyl sites for hydroxylation is 3. The number of nitrogens with one attached hydrogen (secondary N) is 2. The maximum atomic E-state index is 13.4. The second-order valence-electron chi connectivity index (χ2n) is 8.08. The van der Waals surface area contributed by atoms with Crippen LogP contribution in [0.3, 0.4) is 0 Å². The number of nitrogens with zero attached hydrogens (tertiary/aromatic N) is 2. The number of carbonyl (C=O) groups is 1. The highest BCUT2D eigenvalue weighted by Crippen LogP contribution is 2.31. The minimum Gasteiger partial charge on any atom is -0.321 e. The van der Waals surface area contributed by atoms with Crippen LogP contribution in [0.4, 0.5) is 10.1 Å². The molecule has 1 aliphatic heterocycles. The van der Waals surface area contributed by atoms with E-state index in [9.17, 15) is 9.18 Å². The van der Waals surface area contributed by atoms with Gasteiger partial charge >= 0.3 is 0 Å². The fourth-order valence-electron chi connectivity index (χ4n) is 4.37. The summed E-state index contributed by atoms with van der Waals surface area (Å²) in [5.74, 6) is -0.246. The summed E-state index contributed by atoms with van der Waals surface area (Å²) in [6.45, 7) is 7.86. The highest BCUT2D eigenvalue weighted by atomic mass is 35.5. The van der Waals surface area contributed by atoms with E-state index in [1.165, 1.54) is 17.7 Å². The van der Waals surface area contributed by atoms with Crippen molar-refractivity contribution < 1.29 is 9.18 Å². The van der Waals surface area contributed by atoms with Crippen LogP contribution in [0.2, 0.25) is 0 Å². The molecule has 1 aliphatic rings. The highest BCUT2D eigenvalue weighted by Gasteiger charge is 2.27. The molecule has 1 amide bonds. The second kappa shape index (κ2) is 9.62. The standard InChI is InChI=1S/C24H27FN4O.ClH/c1-15-12-16(2)22(17(3)13-15)28-24(30)21-14-27-29(20-6-4-19(25)5-7-20)23(21)18-8-10-26-11-9-18;/h4-7,12-14,18,26H,8-11H2,1-3H3,(H,28,30);1H. The van der Waals surface area contributed by atoms with Gasteiger partial charge in [0, 0.05) is 11.6 Å². The normalized spacial score (nSPS) is 14.2. The van der Waals surface area contributed by atoms with Gasteiger partial charge in [-0.25, -0.2) is 9.07 Å². The summed E-state index contributed by atoms with van der Waals surface area (Å²) in [4.78, 5) is 13.3. The lowest BCUT2D eigenvalue weighted by atomic mass is 9.91. The third-order valence-electron chi connectivity index (χ3n) is 5.76. The molecule has 3 aromatic rings. The predicted molar refractivity (Wildman–Crippen MR) is 124 cm³/mol. The van der Waals surface area contributed by atoms with Crippen molar-refractivity contribution in [3.63, 3.8) is 0 Å². The van der Waals surface area contributed by atoms with Crippen molar-refractivity contribution in [3.05, 3.63) is 76.4 Å². The second-order valence-corrected chi connectivity index (χ2v) is 8.08. The van der Waals surface area contributed by atoms with Crippen LogP contribution in [0.15, 0.2) is 42.6 Å². The highest BCUT2D eigenvalue weighted by molar-refractivity contribution is 6.06.